The highest BCUT2D eigenvalue weighted by Gasteiger charge is 2.28. The lowest BCUT2D eigenvalue weighted by Gasteiger charge is -2.25. The lowest BCUT2D eigenvalue weighted by molar-refractivity contribution is 0.835. The van der Waals surface area contributed by atoms with Crippen LogP contribution in [0.15, 0.2) is 133 Å². The van der Waals surface area contributed by atoms with Gasteiger partial charge in [0.1, 0.15) is 0 Å². The highest BCUT2D eigenvalue weighted by molar-refractivity contribution is 6.26. The molecule has 0 amide bonds. The van der Waals surface area contributed by atoms with Gasteiger partial charge in [-0.1, -0.05) is 115 Å². The molecular formula is C48H35N3. The third-order valence-corrected chi connectivity index (χ3v) is 11.6. The van der Waals surface area contributed by atoms with Crippen molar-refractivity contribution in [3.8, 4) is 28.3 Å². The summed E-state index contributed by atoms with van der Waals surface area (Å²) in [4.78, 5) is 10.9. The minimum atomic E-state index is 0.719. The van der Waals surface area contributed by atoms with E-state index in [1.165, 1.54) is 82.6 Å². The van der Waals surface area contributed by atoms with Gasteiger partial charge in [0.15, 0.2) is 0 Å². The van der Waals surface area contributed by atoms with Crippen molar-refractivity contribution in [3.05, 3.63) is 172 Å². The van der Waals surface area contributed by atoms with Crippen LogP contribution in [0, 0.1) is 6.92 Å². The fourth-order valence-electron chi connectivity index (χ4n) is 8.84. The maximum absolute atomic E-state index is 5.51. The molecule has 2 aromatic heterocycles. The summed E-state index contributed by atoms with van der Waals surface area (Å²) in [7, 11) is 0. The molecule has 7 aromatic carbocycles. The molecule has 0 aliphatic heterocycles. The Kier molecular flexibility index (Phi) is 6.18. The molecule has 0 fully saturated rings. The highest BCUT2D eigenvalue weighted by Crippen LogP contribution is 2.48. The van der Waals surface area contributed by atoms with E-state index in [1.54, 1.807) is 0 Å². The fraction of sp³-hybridized carbons (Fsp3) is 0.125. The Morgan fingerprint density at radius 2 is 1.20 bits per heavy atom. The second-order valence-corrected chi connectivity index (χ2v) is 14.4. The van der Waals surface area contributed by atoms with Gasteiger partial charge in [0.25, 0.3) is 0 Å². The third-order valence-electron chi connectivity index (χ3n) is 11.6. The third kappa shape index (κ3) is 4.31. The van der Waals surface area contributed by atoms with E-state index >= 15 is 0 Å². The molecule has 0 saturated heterocycles. The summed E-state index contributed by atoms with van der Waals surface area (Å²) >= 11 is 0. The molecule has 2 aliphatic rings. The molecule has 9 aromatic rings. The SMILES string of the molecule is Cc1c(-c2cc3c(cc2Cc2ccccc2)CC3)c2c(c3ccccc13)c1cc3c(cc1n2-c1nc(-c2ccccc2)c2ccccc2n1)CC3. The smallest absolute Gasteiger partial charge is 0.235 e. The molecule has 51 heavy (non-hydrogen) atoms. The maximum atomic E-state index is 5.51. The van der Waals surface area contributed by atoms with Crippen molar-refractivity contribution in [2.45, 2.75) is 39.0 Å². The number of benzene rings is 7. The molecule has 242 valence electrons. The molecule has 0 spiro atoms. The predicted molar refractivity (Wildman–Crippen MR) is 211 cm³/mol. The predicted octanol–water partition coefficient (Wildman–Crippen LogP) is 11.3. The first-order chi connectivity index (χ1) is 25.2. The standard InChI is InChI=1S/C48H35N3/c1-29-37-16-8-9-17-38(37)45-41-27-34-22-23-35(34)28-43(41)51(48-49-42-19-11-10-18-39(42)46(50-48)31-14-6-3-7-15-31)47(45)44(29)40-26-33-21-20-32(33)25-36(40)24-30-12-4-2-5-13-30/h2-19,25-28H,20-24H2,1H3. The monoisotopic (exact) mass is 653 g/mol. The van der Waals surface area contributed by atoms with Crippen LogP contribution in [-0.4, -0.2) is 14.5 Å². The largest absolute Gasteiger partial charge is 0.277 e. The van der Waals surface area contributed by atoms with E-state index in [4.69, 9.17) is 9.97 Å². The van der Waals surface area contributed by atoms with Crippen LogP contribution in [0.2, 0.25) is 0 Å². The van der Waals surface area contributed by atoms with Crippen LogP contribution in [0.25, 0.3) is 71.8 Å². The van der Waals surface area contributed by atoms with Crippen LogP contribution in [-0.2, 0) is 32.1 Å². The van der Waals surface area contributed by atoms with E-state index < -0.39 is 0 Å². The van der Waals surface area contributed by atoms with E-state index in [2.05, 4.69) is 145 Å². The average molecular weight is 654 g/mol. The van der Waals surface area contributed by atoms with E-state index in [9.17, 15) is 0 Å². The van der Waals surface area contributed by atoms with Crippen molar-refractivity contribution in [2.24, 2.45) is 0 Å². The van der Waals surface area contributed by atoms with Gasteiger partial charge in [-0.15, -0.1) is 0 Å². The molecule has 0 radical (unpaired) electrons. The van der Waals surface area contributed by atoms with Crippen molar-refractivity contribution in [3.63, 3.8) is 0 Å². The number of rotatable bonds is 5. The molecular weight excluding hydrogens is 619 g/mol. The van der Waals surface area contributed by atoms with E-state index in [0.29, 0.717) is 0 Å². The Balaban J connectivity index is 1.32. The molecule has 2 heterocycles. The average Bonchev–Trinajstić information content (AvgIpc) is 3.48. The van der Waals surface area contributed by atoms with Crippen molar-refractivity contribution < 1.29 is 0 Å². The van der Waals surface area contributed by atoms with Crippen LogP contribution in [0.5, 0.6) is 0 Å². The number of para-hydroxylation sites is 1. The van der Waals surface area contributed by atoms with Crippen LogP contribution in [0.1, 0.15) is 38.9 Å². The summed E-state index contributed by atoms with van der Waals surface area (Å²) < 4.78 is 2.42. The lowest BCUT2D eigenvalue weighted by Crippen LogP contribution is -2.11. The quantitative estimate of drug-likeness (QED) is 0.185. The second-order valence-electron chi connectivity index (χ2n) is 14.4. The molecule has 0 atom stereocenters. The number of nitrogens with zero attached hydrogens (tertiary/aromatic N) is 3. The fourth-order valence-corrected chi connectivity index (χ4v) is 8.84. The molecule has 11 rings (SSSR count). The van der Waals surface area contributed by atoms with Crippen molar-refractivity contribution in [1.82, 2.24) is 14.5 Å². The van der Waals surface area contributed by atoms with Gasteiger partial charge in [-0.3, -0.25) is 4.57 Å². The molecule has 2 aliphatic carbocycles. The topological polar surface area (TPSA) is 30.7 Å². The molecule has 0 bridgehead atoms. The van der Waals surface area contributed by atoms with Gasteiger partial charge < -0.3 is 0 Å². The van der Waals surface area contributed by atoms with Crippen LogP contribution in [0.4, 0.5) is 0 Å². The van der Waals surface area contributed by atoms with Crippen molar-refractivity contribution in [1.29, 1.82) is 0 Å². The number of hydrogen-bond acceptors (Lipinski definition) is 2. The van der Waals surface area contributed by atoms with Gasteiger partial charge in [-0.05, 0) is 113 Å². The lowest BCUT2D eigenvalue weighted by atomic mass is 9.80. The Morgan fingerprint density at radius 3 is 1.96 bits per heavy atom. The highest BCUT2D eigenvalue weighted by atomic mass is 15.2. The number of fused-ring (bicyclic) bond motifs is 8. The van der Waals surface area contributed by atoms with Gasteiger partial charge in [-0.2, -0.15) is 0 Å². The van der Waals surface area contributed by atoms with E-state index in [1.807, 2.05) is 0 Å². The summed E-state index contributed by atoms with van der Waals surface area (Å²) in [5, 5.41) is 6.23. The van der Waals surface area contributed by atoms with Crippen LogP contribution >= 0.6 is 0 Å². The molecule has 0 N–H and O–H groups in total. The summed E-state index contributed by atoms with van der Waals surface area (Å²) in [6, 6.07) is 48.9. The normalized spacial score (nSPS) is 13.4. The van der Waals surface area contributed by atoms with Crippen molar-refractivity contribution in [2.75, 3.05) is 0 Å². The number of aromatic nitrogens is 3. The summed E-state index contributed by atoms with van der Waals surface area (Å²) in [5.74, 6) is 0.719. The molecule has 0 saturated carbocycles. The summed E-state index contributed by atoms with van der Waals surface area (Å²) in [6.45, 7) is 2.33. The minimum Gasteiger partial charge on any atom is -0.277 e. The van der Waals surface area contributed by atoms with Crippen LogP contribution < -0.4 is 0 Å². The van der Waals surface area contributed by atoms with Gasteiger partial charge in [0.05, 0.1) is 22.2 Å². The van der Waals surface area contributed by atoms with Gasteiger partial charge in [0.2, 0.25) is 5.95 Å². The maximum Gasteiger partial charge on any atom is 0.235 e. The molecule has 3 heteroatoms. The first-order valence-corrected chi connectivity index (χ1v) is 18.2. The van der Waals surface area contributed by atoms with Crippen molar-refractivity contribution >= 4 is 43.5 Å². The van der Waals surface area contributed by atoms with Crippen LogP contribution in [0.3, 0.4) is 0 Å². The Hall–Kier alpha value is -6.06. The molecule has 3 nitrogen and oxygen atoms in total. The van der Waals surface area contributed by atoms with E-state index in [0.717, 1.165) is 60.2 Å². The summed E-state index contributed by atoms with van der Waals surface area (Å²) in [5.41, 5.74) is 17.9. The summed E-state index contributed by atoms with van der Waals surface area (Å²) in [6.07, 6.45) is 5.41. The second kappa shape index (κ2) is 11.0. The number of aryl methyl sites for hydroxylation is 5. The van der Waals surface area contributed by atoms with Gasteiger partial charge in [-0.25, -0.2) is 9.97 Å². The Bertz CT molecular complexity index is 2880. The van der Waals surface area contributed by atoms with E-state index in [-0.39, 0.29) is 0 Å². The first kappa shape index (κ1) is 28.7. The zero-order valence-electron chi connectivity index (χ0n) is 28.6. The minimum absolute atomic E-state index is 0.719. The Labute approximate surface area is 296 Å². The molecule has 0 unspecified atom stereocenters. The van der Waals surface area contributed by atoms with Gasteiger partial charge in [0, 0.05) is 27.3 Å². The number of hydrogen-bond donors (Lipinski definition) is 0. The zero-order valence-corrected chi connectivity index (χ0v) is 28.6. The first-order valence-electron chi connectivity index (χ1n) is 18.2. The zero-order chi connectivity index (χ0) is 33.6. The Morgan fingerprint density at radius 1 is 0.569 bits per heavy atom. The van der Waals surface area contributed by atoms with Gasteiger partial charge >= 0.3 is 0 Å².